The van der Waals surface area contributed by atoms with E-state index in [1.807, 2.05) is 69.3 Å². The summed E-state index contributed by atoms with van der Waals surface area (Å²) in [6.45, 7) is 6.16. The predicted octanol–water partition coefficient (Wildman–Crippen LogP) is 4.17. The van der Waals surface area contributed by atoms with E-state index in [0.717, 1.165) is 16.7 Å². The first-order valence-corrected chi connectivity index (χ1v) is 9.34. The largest absolute Gasteiger partial charge is 0.481 e. The van der Waals surface area contributed by atoms with Gasteiger partial charge < -0.3 is 14.2 Å². The highest BCUT2D eigenvalue weighted by Gasteiger charge is 2.24. The quantitative estimate of drug-likeness (QED) is 0.616. The van der Waals surface area contributed by atoms with Crippen LogP contribution in [-0.4, -0.2) is 34.1 Å². The Balaban J connectivity index is 1.65. The van der Waals surface area contributed by atoms with Gasteiger partial charge in [0.1, 0.15) is 5.75 Å². The normalized spacial score (nSPS) is 11.9. The molecule has 0 aliphatic carbocycles. The van der Waals surface area contributed by atoms with Gasteiger partial charge in [0, 0.05) is 12.6 Å². The van der Waals surface area contributed by atoms with Crippen molar-refractivity contribution in [3.63, 3.8) is 0 Å². The van der Waals surface area contributed by atoms with Crippen LogP contribution in [0.3, 0.4) is 0 Å². The third-order valence-electron chi connectivity index (χ3n) is 4.44. The van der Waals surface area contributed by atoms with E-state index in [2.05, 4.69) is 10.1 Å². The van der Waals surface area contributed by atoms with Crippen molar-refractivity contribution < 1.29 is 14.1 Å². The molecule has 6 nitrogen and oxygen atoms in total. The van der Waals surface area contributed by atoms with Crippen LogP contribution < -0.4 is 4.74 Å². The van der Waals surface area contributed by atoms with Crippen LogP contribution in [0.1, 0.15) is 30.4 Å². The van der Waals surface area contributed by atoms with Gasteiger partial charge in [0.25, 0.3) is 5.91 Å². The Morgan fingerprint density at radius 3 is 2.57 bits per heavy atom. The molecule has 28 heavy (non-hydrogen) atoms. The molecule has 3 rings (SSSR count). The van der Waals surface area contributed by atoms with Gasteiger partial charge in [-0.3, -0.25) is 4.79 Å². The summed E-state index contributed by atoms with van der Waals surface area (Å²) >= 11 is 0. The van der Waals surface area contributed by atoms with Gasteiger partial charge in [-0.2, -0.15) is 4.98 Å². The Hall–Kier alpha value is -3.15. The molecule has 146 valence electrons. The van der Waals surface area contributed by atoms with Gasteiger partial charge in [0.05, 0.1) is 6.54 Å². The van der Waals surface area contributed by atoms with Crippen LogP contribution in [0.4, 0.5) is 0 Å². The first-order chi connectivity index (χ1) is 13.5. The number of hydrogen-bond acceptors (Lipinski definition) is 5. The molecule has 0 aliphatic heterocycles. The maximum absolute atomic E-state index is 12.8. The summed E-state index contributed by atoms with van der Waals surface area (Å²) in [5.41, 5.74) is 3.13. The average molecular weight is 379 g/mol. The lowest BCUT2D eigenvalue weighted by atomic mass is 10.1. The van der Waals surface area contributed by atoms with E-state index in [-0.39, 0.29) is 12.5 Å². The predicted molar refractivity (Wildman–Crippen MR) is 107 cm³/mol. The standard InChI is InChI=1S/C22H25N3O3/c1-5-19(27-18-8-6-7-16(3)13-18)22(26)25(4)14-20-23-21(24-28-20)17-11-9-15(2)10-12-17/h6-13,19H,5,14H2,1-4H3/t19-/m0/s1. The molecule has 0 saturated carbocycles. The zero-order valence-electron chi connectivity index (χ0n) is 16.7. The summed E-state index contributed by atoms with van der Waals surface area (Å²) in [7, 11) is 1.71. The van der Waals surface area contributed by atoms with E-state index in [1.165, 1.54) is 0 Å². The van der Waals surface area contributed by atoms with Crippen molar-refractivity contribution in [2.24, 2.45) is 0 Å². The topological polar surface area (TPSA) is 68.5 Å². The number of carbonyl (C=O) groups is 1. The fourth-order valence-electron chi connectivity index (χ4n) is 2.83. The summed E-state index contributed by atoms with van der Waals surface area (Å²) in [6.07, 6.45) is 0.00142. The molecule has 2 aromatic carbocycles. The number of aromatic nitrogens is 2. The summed E-state index contributed by atoms with van der Waals surface area (Å²) in [4.78, 5) is 18.7. The van der Waals surface area contributed by atoms with Crippen molar-refractivity contribution in [3.05, 3.63) is 65.5 Å². The second-order valence-electron chi connectivity index (χ2n) is 6.90. The lowest BCUT2D eigenvalue weighted by Gasteiger charge is -2.22. The highest BCUT2D eigenvalue weighted by molar-refractivity contribution is 5.81. The lowest BCUT2D eigenvalue weighted by molar-refractivity contribution is -0.138. The number of nitrogens with zero attached hydrogens (tertiary/aromatic N) is 3. The molecule has 0 radical (unpaired) electrons. The lowest BCUT2D eigenvalue weighted by Crippen LogP contribution is -2.39. The molecule has 1 aromatic heterocycles. The fraction of sp³-hybridized carbons (Fsp3) is 0.318. The maximum Gasteiger partial charge on any atom is 0.263 e. The summed E-state index contributed by atoms with van der Waals surface area (Å²) < 4.78 is 11.2. The zero-order valence-corrected chi connectivity index (χ0v) is 16.7. The van der Waals surface area contributed by atoms with Crippen molar-refractivity contribution in [1.82, 2.24) is 15.0 Å². The van der Waals surface area contributed by atoms with Crippen molar-refractivity contribution in [2.75, 3.05) is 7.05 Å². The van der Waals surface area contributed by atoms with Crippen LogP contribution in [0.5, 0.6) is 5.75 Å². The Morgan fingerprint density at radius 2 is 1.89 bits per heavy atom. The van der Waals surface area contributed by atoms with Crippen molar-refractivity contribution >= 4 is 5.91 Å². The van der Waals surface area contributed by atoms with E-state index >= 15 is 0 Å². The highest BCUT2D eigenvalue weighted by Crippen LogP contribution is 2.19. The van der Waals surface area contributed by atoms with Crippen LogP contribution >= 0.6 is 0 Å². The molecule has 0 spiro atoms. The van der Waals surface area contributed by atoms with Crippen LogP contribution in [0, 0.1) is 13.8 Å². The van der Waals surface area contributed by atoms with Crippen LogP contribution in [-0.2, 0) is 11.3 Å². The minimum Gasteiger partial charge on any atom is -0.481 e. The third-order valence-corrected chi connectivity index (χ3v) is 4.44. The van der Waals surface area contributed by atoms with Crippen LogP contribution in [0.15, 0.2) is 53.1 Å². The molecule has 0 saturated heterocycles. The molecule has 6 heteroatoms. The van der Waals surface area contributed by atoms with Gasteiger partial charge in [0.15, 0.2) is 6.10 Å². The minimum atomic E-state index is -0.564. The molecule has 0 unspecified atom stereocenters. The molecule has 0 fully saturated rings. The molecule has 0 aliphatic rings. The smallest absolute Gasteiger partial charge is 0.263 e. The van der Waals surface area contributed by atoms with Gasteiger partial charge in [-0.15, -0.1) is 0 Å². The number of ether oxygens (including phenoxy) is 1. The van der Waals surface area contributed by atoms with E-state index in [4.69, 9.17) is 9.26 Å². The van der Waals surface area contributed by atoms with Gasteiger partial charge in [-0.1, -0.05) is 54.0 Å². The number of benzene rings is 2. The Morgan fingerprint density at radius 1 is 1.14 bits per heavy atom. The van der Waals surface area contributed by atoms with E-state index < -0.39 is 6.10 Å². The maximum atomic E-state index is 12.8. The Labute approximate surface area is 165 Å². The second-order valence-corrected chi connectivity index (χ2v) is 6.90. The van der Waals surface area contributed by atoms with Gasteiger partial charge in [-0.05, 0) is 38.0 Å². The zero-order chi connectivity index (χ0) is 20.1. The molecule has 3 aromatic rings. The average Bonchev–Trinajstić information content (AvgIpc) is 3.14. The summed E-state index contributed by atoms with van der Waals surface area (Å²) in [6, 6.07) is 15.6. The number of likely N-dealkylation sites (N-methyl/N-ethyl adjacent to an activating group) is 1. The summed E-state index contributed by atoms with van der Waals surface area (Å²) in [5.74, 6) is 1.46. The van der Waals surface area contributed by atoms with Crippen molar-refractivity contribution in [1.29, 1.82) is 0 Å². The van der Waals surface area contributed by atoms with Crippen molar-refractivity contribution in [2.45, 2.75) is 39.8 Å². The molecular weight excluding hydrogens is 354 g/mol. The first-order valence-electron chi connectivity index (χ1n) is 9.34. The van der Waals surface area contributed by atoms with Gasteiger partial charge in [-0.25, -0.2) is 0 Å². The fourth-order valence-corrected chi connectivity index (χ4v) is 2.83. The number of aryl methyl sites for hydroxylation is 2. The third kappa shape index (κ3) is 4.76. The molecule has 1 atom stereocenters. The monoisotopic (exact) mass is 379 g/mol. The van der Waals surface area contributed by atoms with E-state index in [9.17, 15) is 4.79 Å². The minimum absolute atomic E-state index is 0.126. The SMILES string of the molecule is CC[C@H](Oc1cccc(C)c1)C(=O)N(C)Cc1nc(-c2ccc(C)cc2)no1. The van der Waals surface area contributed by atoms with Gasteiger partial charge in [0.2, 0.25) is 11.7 Å². The number of rotatable bonds is 7. The van der Waals surface area contributed by atoms with E-state index in [0.29, 0.717) is 23.9 Å². The molecular formula is C22H25N3O3. The number of amides is 1. The van der Waals surface area contributed by atoms with Gasteiger partial charge >= 0.3 is 0 Å². The highest BCUT2D eigenvalue weighted by atomic mass is 16.5. The van der Waals surface area contributed by atoms with Crippen molar-refractivity contribution in [3.8, 4) is 17.1 Å². The Bertz CT molecular complexity index is 934. The van der Waals surface area contributed by atoms with Crippen LogP contribution in [0.2, 0.25) is 0 Å². The first kappa shape index (κ1) is 19.6. The number of hydrogen-bond donors (Lipinski definition) is 0. The molecule has 1 heterocycles. The molecule has 0 N–H and O–H groups in total. The van der Waals surface area contributed by atoms with E-state index in [1.54, 1.807) is 11.9 Å². The summed E-state index contributed by atoms with van der Waals surface area (Å²) in [5, 5.41) is 4.02. The second kappa shape index (κ2) is 8.69. The Kier molecular flexibility index (Phi) is 6.09. The molecule has 1 amide bonds. The molecule has 0 bridgehead atoms. The van der Waals surface area contributed by atoms with Crippen LogP contribution in [0.25, 0.3) is 11.4 Å². The number of carbonyl (C=O) groups excluding carboxylic acids is 1.